The molecule has 0 radical (unpaired) electrons. The van der Waals surface area contributed by atoms with Crippen LogP contribution in [0.2, 0.25) is 0 Å². The highest BCUT2D eigenvalue weighted by atomic mass is 32.2. The van der Waals surface area contributed by atoms with Crippen LogP contribution in [0.1, 0.15) is 91.5 Å². The van der Waals surface area contributed by atoms with Gasteiger partial charge in [-0.15, -0.1) is 11.3 Å². The van der Waals surface area contributed by atoms with Crippen molar-refractivity contribution in [2.24, 2.45) is 0 Å². The van der Waals surface area contributed by atoms with Crippen LogP contribution in [0.4, 0.5) is 15.3 Å². The molecule has 1 saturated carbocycles. The van der Waals surface area contributed by atoms with E-state index in [0.717, 1.165) is 15.4 Å². The summed E-state index contributed by atoms with van der Waals surface area (Å²) in [6.45, 7) is 13.1. The number of hydrogen-bond acceptors (Lipinski definition) is 6. The van der Waals surface area contributed by atoms with Gasteiger partial charge in [-0.1, -0.05) is 25.3 Å². The average molecular weight is 567 g/mol. The minimum atomic E-state index is -1.46. The number of anilines is 1. The molecule has 1 aliphatic carbocycles. The molecule has 9 nitrogen and oxygen atoms in total. The fourth-order valence-corrected chi connectivity index (χ4v) is 6.32. The van der Waals surface area contributed by atoms with Gasteiger partial charge >= 0.3 is 12.2 Å². The zero-order valence-corrected chi connectivity index (χ0v) is 25.1. The van der Waals surface area contributed by atoms with E-state index < -0.39 is 23.2 Å². The maximum Gasteiger partial charge on any atom is 0.411 e. The van der Waals surface area contributed by atoms with Crippen LogP contribution in [0.5, 0.6) is 0 Å². The zero-order chi connectivity index (χ0) is 28.5. The van der Waals surface area contributed by atoms with Crippen molar-refractivity contribution in [2.75, 3.05) is 5.32 Å². The Morgan fingerprint density at radius 1 is 1.13 bits per heavy atom. The van der Waals surface area contributed by atoms with Crippen LogP contribution in [-0.2, 0) is 15.7 Å². The van der Waals surface area contributed by atoms with Crippen LogP contribution in [0.25, 0.3) is 10.4 Å². The topological polar surface area (TPSA) is 130 Å². The number of nitrogens with zero attached hydrogens (tertiary/aromatic N) is 1. The van der Waals surface area contributed by atoms with E-state index in [9.17, 15) is 13.8 Å². The molecule has 1 fully saturated rings. The molecule has 1 atom stereocenters. The number of benzene rings is 1. The molecule has 0 aliphatic heterocycles. The Bertz CT molecular complexity index is 1090. The van der Waals surface area contributed by atoms with Crippen molar-refractivity contribution < 1.29 is 23.6 Å². The van der Waals surface area contributed by atoms with Gasteiger partial charge in [0, 0.05) is 34.9 Å². The van der Waals surface area contributed by atoms with Crippen molar-refractivity contribution in [1.82, 2.24) is 15.0 Å². The van der Waals surface area contributed by atoms with Gasteiger partial charge in [0.2, 0.25) is 0 Å². The predicted octanol–water partition coefficient (Wildman–Crippen LogP) is 6.89. The molecule has 0 spiro atoms. The Balaban J connectivity index is 0.000000638. The van der Waals surface area contributed by atoms with Crippen molar-refractivity contribution in [3.05, 3.63) is 29.4 Å². The molecule has 1 aromatic carbocycles. The molecule has 3 rings (SSSR count). The second kappa shape index (κ2) is 14.6. The number of rotatable bonds is 7. The second-order valence-corrected chi connectivity index (χ2v) is 13.2. The Labute approximate surface area is 232 Å². The summed E-state index contributed by atoms with van der Waals surface area (Å²) in [4.78, 5) is 28.1. The van der Waals surface area contributed by atoms with Gasteiger partial charge in [-0.05, 0) is 73.4 Å². The number of thiazole rings is 1. The Morgan fingerprint density at radius 3 is 2.32 bits per heavy atom. The van der Waals surface area contributed by atoms with E-state index in [1.165, 1.54) is 32.1 Å². The molecule has 1 heterocycles. The highest BCUT2D eigenvalue weighted by Gasteiger charge is 2.23. The highest BCUT2D eigenvalue weighted by molar-refractivity contribution is 7.83. The molecule has 0 bridgehead atoms. The summed E-state index contributed by atoms with van der Waals surface area (Å²) in [7, 11) is -1.46. The van der Waals surface area contributed by atoms with Crippen LogP contribution in [0.3, 0.4) is 0 Å². The molecule has 0 saturated heterocycles. The minimum absolute atomic E-state index is 0.0255. The van der Waals surface area contributed by atoms with E-state index in [1.807, 2.05) is 39.1 Å². The fraction of sp³-hybridized carbons (Fsp3) is 0.593. The number of nitrogens with one attached hydrogen (secondary N) is 3. The summed E-state index contributed by atoms with van der Waals surface area (Å²) in [6, 6.07) is 5.50. The number of hydrogen-bond donors (Lipinski definition) is 4. The first kappa shape index (κ1) is 31.7. The van der Waals surface area contributed by atoms with Crippen LogP contribution in [0.15, 0.2) is 29.3 Å². The van der Waals surface area contributed by atoms with Crippen molar-refractivity contribution >= 4 is 40.2 Å². The van der Waals surface area contributed by atoms with Gasteiger partial charge in [-0.3, -0.25) is 5.32 Å². The molecule has 38 heavy (non-hydrogen) atoms. The van der Waals surface area contributed by atoms with Gasteiger partial charge in [-0.25, -0.2) is 23.5 Å². The summed E-state index contributed by atoms with van der Waals surface area (Å²) < 4.78 is 21.5. The first-order valence-corrected chi connectivity index (χ1v) is 15.0. The van der Waals surface area contributed by atoms with Crippen LogP contribution in [0, 0.1) is 0 Å². The SMILES string of the molecule is CC(C)NC(=O)O.CC(C)OC(=O)Nc1ccc(-c2cnc(C3CCCCC3)s2)c(S(=O)NC(C)(C)C)c1. The molecule has 2 aromatic rings. The van der Waals surface area contributed by atoms with E-state index in [4.69, 9.17) is 14.8 Å². The zero-order valence-electron chi connectivity index (χ0n) is 23.4. The molecular formula is C27H42N4O5S2. The first-order chi connectivity index (χ1) is 17.7. The van der Waals surface area contributed by atoms with Gasteiger partial charge in [-0.2, -0.15) is 0 Å². The van der Waals surface area contributed by atoms with Crippen molar-refractivity contribution in [3.63, 3.8) is 0 Å². The van der Waals surface area contributed by atoms with Crippen molar-refractivity contribution in [2.45, 2.75) is 109 Å². The van der Waals surface area contributed by atoms with Gasteiger partial charge in [0.25, 0.3) is 0 Å². The highest BCUT2D eigenvalue weighted by Crippen LogP contribution is 2.39. The standard InChI is InChI=1S/C23H33N3O3S2.C4H9NO2/c1-15(2)29-22(27)25-17-11-12-18(20(13-17)31(28)26-23(3,4)5)19-14-24-21(30-19)16-9-7-6-8-10-16;1-3(2)5-4(6)7/h11-16,26H,6-10H2,1-5H3,(H,25,27);3,5H,1-2H3,(H,6,7). The molecule has 212 valence electrons. The lowest BCUT2D eigenvalue weighted by atomic mass is 9.90. The number of ether oxygens (including phenoxy) is 1. The van der Waals surface area contributed by atoms with Crippen molar-refractivity contribution in [1.29, 1.82) is 0 Å². The van der Waals surface area contributed by atoms with E-state index >= 15 is 0 Å². The monoisotopic (exact) mass is 566 g/mol. The Morgan fingerprint density at radius 2 is 1.79 bits per heavy atom. The summed E-state index contributed by atoms with van der Waals surface area (Å²) in [5.41, 5.74) is 1.09. The Hall–Kier alpha value is -2.50. The number of carboxylic acid groups (broad SMARTS) is 1. The minimum Gasteiger partial charge on any atom is -0.465 e. The normalized spacial score (nSPS) is 15.0. The number of carbonyl (C=O) groups is 2. The quantitative estimate of drug-likeness (QED) is 0.289. The summed E-state index contributed by atoms with van der Waals surface area (Å²) >= 11 is 1.68. The van der Waals surface area contributed by atoms with Gasteiger partial charge in [0.05, 0.1) is 20.9 Å². The second-order valence-electron chi connectivity index (χ2n) is 10.9. The van der Waals surface area contributed by atoms with Gasteiger partial charge in [0.15, 0.2) is 0 Å². The van der Waals surface area contributed by atoms with E-state index in [-0.39, 0.29) is 17.7 Å². The van der Waals surface area contributed by atoms with E-state index in [1.54, 1.807) is 45.1 Å². The summed E-state index contributed by atoms with van der Waals surface area (Å²) in [5.74, 6) is 0.529. The van der Waals surface area contributed by atoms with Crippen molar-refractivity contribution in [3.8, 4) is 10.4 Å². The third-order valence-corrected chi connectivity index (χ3v) is 8.05. The molecule has 1 unspecified atom stereocenters. The molecule has 11 heteroatoms. The smallest absolute Gasteiger partial charge is 0.411 e. The lowest BCUT2D eigenvalue weighted by molar-refractivity contribution is 0.130. The lowest BCUT2D eigenvalue weighted by Crippen LogP contribution is -2.37. The van der Waals surface area contributed by atoms with Gasteiger partial charge < -0.3 is 15.2 Å². The van der Waals surface area contributed by atoms with E-state index in [0.29, 0.717) is 16.5 Å². The third-order valence-electron chi connectivity index (χ3n) is 5.32. The number of amides is 2. The Kier molecular flexibility index (Phi) is 12.2. The molecule has 1 aromatic heterocycles. The maximum absolute atomic E-state index is 13.2. The molecule has 1 aliphatic rings. The summed E-state index contributed by atoms with van der Waals surface area (Å²) in [5, 5.41) is 14.1. The maximum atomic E-state index is 13.2. The predicted molar refractivity (Wildman–Crippen MR) is 154 cm³/mol. The largest absolute Gasteiger partial charge is 0.465 e. The number of aromatic nitrogens is 1. The molecular weight excluding hydrogens is 524 g/mol. The average Bonchev–Trinajstić information content (AvgIpc) is 3.27. The fourth-order valence-electron chi connectivity index (χ4n) is 3.85. The van der Waals surface area contributed by atoms with Crippen LogP contribution in [-0.4, -0.2) is 44.2 Å². The van der Waals surface area contributed by atoms with Crippen LogP contribution < -0.4 is 15.4 Å². The van der Waals surface area contributed by atoms with E-state index in [2.05, 4.69) is 15.4 Å². The summed E-state index contributed by atoms with van der Waals surface area (Å²) in [6.07, 6.45) is 6.40. The third kappa shape index (κ3) is 11.1. The number of carbonyl (C=O) groups excluding carboxylic acids is 1. The molecule has 2 amide bonds. The molecule has 4 N–H and O–H groups in total. The first-order valence-electron chi connectivity index (χ1n) is 13.0. The lowest BCUT2D eigenvalue weighted by Gasteiger charge is -2.21. The van der Waals surface area contributed by atoms with Gasteiger partial charge in [0.1, 0.15) is 11.0 Å². The van der Waals surface area contributed by atoms with Crippen LogP contribution >= 0.6 is 11.3 Å².